The van der Waals surface area contributed by atoms with Crippen molar-refractivity contribution in [2.45, 2.75) is 57.9 Å². The largest absolute Gasteiger partial charge is 0.485 e. The molecule has 0 bridgehead atoms. The van der Waals surface area contributed by atoms with Gasteiger partial charge in [-0.3, -0.25) is 0 Å². The maximum Gasteiger partial charge on any atom is 0.410 e. The number of alkyl halides is 1. The van der Waals surface area contributed by atoms with E-state index in [0.29, 0.717) is 5.69 Å². The summed E-state index contributed by atoms with van der Waals surface area (Å²) in [5.41, 5.74) is -0.0874. The lowest BCUT2D eigenvalue weighted by atomic mass is 10.1. The Hall–Kier alpha value is -2.05. The molecule has 2 heterocycles. The van der Waals surface area contributed by atoms with Gasteiger partial charge in [0.15, 0.2) is 6.17 Å². The number of anilines is 1. The van der Waals surface area contributed by atoms with Crippen LogP contribution in [0.3, 0.4) is 0 Å². The van der Waals surface area contributed by atoms with Crippen molar-refractivity contribution in [3.8, 4) is 5.75 Å². The van der Waals surface area contributed by atoms with Crippen LogP contribution in [-0.2, 0) is 4.74 Å². The van der Waals surface area contributed by atoms with Crippen LogP contribution in [0.15, 0.2) is 18.2 Å². The van der Waals surface area contributed by atoms with Crippen LogP contribution in [0, 0.1) is 5.82 Å². The highest BCUT2D eigenvalue weighted by atomic mass is 19.1. The molecule has 0 unspecified atom stereocenters. The molecule has 2 fully saturated rings. The zero-order chi connectivity index (χ0) is 19.6. The van der Waals surface area contributed by atoms with E-state index in [0.717, 1.165) is 25.9 Å². The number of likely N-dealkylation sites (tertiary alicyclic amines) is 1. The first-order valence-corrected chi connectivity index (χ1v) is 9.56. The Kier molecular flexibility index (Phi) is 5.77. The van der Waals surface area contributed by atoms with Gasteiger partial charge in [-0.05, 0) is 52.2 Å². The minimum Gasteiger partial charge on any atom is -0.485 e. The molecule has 0 aromatic heterocycles. The number of hydrogen-bond donors (Lipinski definition) is 0. The van der Waals surface area contributed by atoms with E-state index in [2.05, 4.69) is 0 Å². The molecule has 1 aromatic carbocycles. The molecular weight excluding hydrogens is 354 g/mol. The highest BCUT2D eigenvalue weighted by molar-refractivity contribution is 5.68. The number of nitrogens with zero attached hydrogens (tertiary/aromatic N) is 2. The van der Waals surface area contributed by atoms with Gasteiger partial charge in [-0.1, -0.05) is 0 Å². The van der Waals surface area contributed by atoms with E-state index < -0.39 is 24.0 Å². The molecule has 0 N–H and O–H groups in total. The molecule has 1 amide bonds. The summed E-state index contributed by atoms with van der Waals surface area (Å²) in [7, 11) is 0. The minimum absolute atomic E-state index is 0.0750. The Morgan fingerprint density at radius 3 is 2.48 bits per heavy atom. The molecule has 0 radical (unpaired) electrons. The molecule has 150 valence electrons. The van der Waals surface area contributed by atoms with Gasteiger partial charge < -0.3 is 19.3 Å². The number of carbonyl (C=O) groups excluding carboxylic acids is 1. The van der Waals surface area contributed by atoms with Gasteiger partial charge in [-0.2, -0.15) is 0 Å². The summed E-state index contributed by atoms with van der Waals surface area (Å²) in [6.45, 7) is 6.95. The quantitative estimate of drug-likeness (QED) is 0.788. The average molecular weight is 382 g/mol. The van der Waals surface area contributed by atoms with Crippen LogP contribution < -0.4 is 9.64 Å². The number of carbonyl (C=O) groups is 1. The Balaban J connectivity index is 1.61. The number of halogens is 2. The van der Waals surface area contributed by atoms with Crippen molar-refractivity contribution in [1.82, 2.24) is 4.90 Å². The lowest BCUT2D eigenvalue weighted by Crippen LogP contribution is -2.36. The Labute approximate surface area is 159 Å². The zero-order valence-electron chi connectivity index (χ0n) is 16.2. The van der Waals surface area contributed by atoms with E-state index in [-0.39, 0.29) is 24.7 Å². The summed E-state index contributed by atoms with van der Waals surface area (Å²) in [5.74, 6) is -0.0984. The van der Waals surface area contributed by atoms with Gasteiger partial charge >= 0.3 is 6.09 Å². The molecule has 2 aliphatic rings. The molecule has 3 rings (SSSR count). The summed E-state index contributed by atoms with van der Waals surface area (Å²) in [5, 5.41) is 0. The molecule has 2 atom stereocenters. The second-order valence-corrected chi connectivity index (χ2v) is 8.22. The van der Waals surface area contributed by atoms with Gasteiger partial charge in [0.25, 0.3) is 0 Å². The van der Waals surface area contributed by atoms with Crippen LogP contribution in [0.4, 0.5) is 19.3 Å². The topological polar surface area (TPSA) is 42.0 Å². The van der Waals surface area contributed by atoms with Crippen LogP contribution in [0.5, 0.6) is 5.75 Å². The van der Waals surface area contributed by atoms with E-state index >= 15 is 0 Å². The fraction of sp³-hybridized carbons (Fsp3) is 0.650. The van der Waals surface area contributed by atoms with Crippen LogP contribution >= 0.6 is 0 Å². The Morgan fingerprint density at radius 1 is 1.15 bits per heavy atom. The molecule has 7 heteroatoms. The van der Waals surface area contributed by atoms with Crippen molar-refractivity contribution >= 4 is 11.8 Å². The predicted molar refractivity (Wildman–Crippen MR) is 99.6 cm³/mol. The molecule has 1 aromatic rings. The molecule has 2 saturated heterocycles. The monoisotopic (exact) mass is 382 g/mol. The summed E-state index contributed by atoms with van der Waals surface area (Å²) in [4.78, 5) is 15.4. The molecule has 2 aliphatic heterocycles. The van der Waals surface area contributed by atoms with E-state index in [9.17, 15) is 13.6 Å². The van der Waals surface area contributed by atoms with Gasteiger partial charge in [0.1, 0.15) is 23.3 Å². The maximum atomic E-state index is 14.5. The molecule has 0 aliphatic carbocycles. The maximum absolute atomic E-state index is 14.5. The first-order chi connectivity index (χ1) is 12.7. The first-order valence-electron chi connectivity index (χ1n) is 9.56. The first kappa shape index (κ1) is 19.7. The van der Waals surface area contributed by atoms with Crippen molar-refractivity contribution in [3.05, 3.63) is 24.0 Å². The summed E-state index contributed by atoms with van der Waals surface area (Å²) in [6, 6.07) is 4.65. The second kappa shape index (κ2) is 7.90. The van der Waals surface area contributed by atoms with Gasteiger partial charge in [-0.25, -0.2) is 13.6 Å². The van der Waals surface area contributed by atoms with Gasteiger partial charge in [0.2, 0.25) is 0 Å². The average Bonchev–Trinajstić information content (AvgIpc) is 2.95. The summed E-state index contributed by atoms with van der Waals surface area (Å²) in [6.07, 6.45) is 0.545. The van der Waals surface area contributed by atoms with Crippen LogP contribution in [0.2, 0.25) is 0 Å². The lowest BCUT2D eigenvalue weighted by molar-refractivity contribution is 0.0273. The molecule has 27 heavy (non-hydrogen) atoms. The van der Waals surface area contributed by atoms with Crippen LogP contribution in [0.1, 0.15) is 40.0 Å². The normalized spacial score (nSPS) is 23.4. The highest BCUT2D eigenvalue weighted by Gasteiger charge is 2.39. The fourth-order valence-electron chi connectivity index (χ4n) is 3.45. The van der Waals surface area contributed by atoms with Gasteiger partial charge in [-0.15, -0.1) is 0 Å². The number of amides is 1. The molecule has 0 saturated carbocycles. The third-order valence-corrected chi connectivity index (χ3v) is 4.75. The van der Waals surface area contributed by atoms with Crippen molar-refractivity contribution in [2.75, 3.05) is 31.1 Å². The van der Waals surface area contributed by atoms with Crippen molar-refractivity contribution in [2.24, 2.45) is 0 Å². The van der Waals surface area contributed by atoms with E-state index in [4.69, 9.17) is 9.47 Å². The number of rotatable bonds is 3. The Bertz CT molecular complexity index is 672. The molecule has 5 nitrogen and oxygen atoms in total. The summed E-state index contributed by atoms with van der Waals surface area (Å²) < 4.78 is 39.7. The third-order valence-electron chi connectivity index (χ3n) is 4.75. The fourth-order valence-corrected chi connectivity index (χ4v) is 3.45. The number of piperidine rings is 1. The number of benzene rings is 1. The standard InChI is InChI=1S/C20H28F2N2O3/c1-20(2,3)27-19(25)24-12-16(22)18(13-24)26-14-7-8-17(15(21)11-14)23-9-5-4-6-10-23/h7-8,11,16,18H,4-6,9-10,12-13H2,1-3H3/t16-,18-/m1/s1. The number of hydrogen-bond acceptors (Lipinski definition) is 4. The van der Waals surface area contributed by atoms with Gasteiger partial charge in [0.05, 0.1) is 18.8 Å². The molecule has 0 spiro atoms. The molecular formula is C20H28F2N2O3. The van der Waals surface area contributed by atoms with Crippen molar-refractivity contribution in [3.63, 3.8) is 0 Å². The van der Waals surface area contributed by atoms with E-state index in [1.165, 1.54) is 17.4 Å². The van der Waals surface area contributed by atoms with Crippen LogP contribution in [0.25, 0.3) is 0 Å². The Morgan fingerprint density at radius 2 is 1.85 bits per heavy atom. The van der Waals surface area contributed by atoms with Crippen molar-refractivity contribution in [1.29, 1.82) is 0 Å². The van der Waals surface area contributed by atoms with Crippen molar-refractivity contribution < 1.29 is 23.0 Å². The highest BCUT2D eigenvalue weighted by Crippen LogP contribution is 2.29. The van der Waals surface area contributed by atoms with E-state index in [1.54, 1.807) is 32.9 Å². The second-order valence-electron chi connectivity index (χ2n) is 8.22. The smallest absolute Gasteiger partial charge is 0.410 e. The minimum atomic E-state index is -1.35. The van der Waals surface area contributed by atoms with Crippen LogP contribution in [-0.4, -0.2) is 55.0 Å². The zero-order valence-corrected chi connectivity index (χ0v) is 16.2. The lowest BCUT2D eigenvalue weighted by Gasteiger charge is -2.29. The summed E-state index contributed by atoms with van der Waals surface area (Å²) >= 11 is 0. The van der Waals surface area contributed by atoms with Gasteiger partial charge in [0, 0.05) is 19.2 Å². The van der Waals surface area contributed by atoms with E-state index in [1.807, 2.05) is 4.90 Å². The SMILES string of the molecule is CC(C)(C)OC(=O)N1C[C@@H](F)[C@H](Oc2ccc(N3CCCCC3)c(F)c2)C1. The third kappa shape index (κ3) is 5.02. The predicted octanol–water partition coefficient (Wildman–Crippen LogP) is 4.15. The number of ether oxygens (including phenoxy) is 2.